The first-order valence-corrected chi connectivity index (χ1v) is 8.72. The first-order valence-electron chi connectivity index (χ1n) is 8.72. The van der Waals surface area contributed by atoms with Gasteiger partial charge in [0.1, 0.15) is 0 Å². The normalized spacial score (nSPS) is 11.1. The Hall–Kier alpha value is -3.82. The third-order valence-corrected chi connectivity index (χ3v) is 4.08. The fourth-order valence-corrected chi connectivity index (χ4v) is 2.63. The van der Waals surface area contributed by atoms with E-state index in [4.69, 9.17) is 4.74 Å². The van der Waals surface area contributed by atoms with Crippen LogP contribution in [0.4, 0.5) is 13.2 Å². The molecule has 156 valence electrons. The lowest BCUT2D eigenvalue weighted by Gasteiger charge is -2.08. The molecule has 0 fully saturated rings. The Morgan fingerprint density at radius 2 is 1.80 bits per heavy atom. The number of amides is 2. The molecular weight excluding hydrogens is 401 g/mol. The summed E-state index contributed by atoms with van der Waals surface area (Å²) in [5.41, 5.74) is 4.29. The third-order valence-electron chi connectivity index (χ3n) is 4.08. The van der Waals surface area contributed by atoms with Crippen molar-refractivity contribution in [3.63, 3.8) is 0 Å². The second-order valence-corrected chi connectivity index (χ2v) is 6.20. The number of nitrogens with one attached hydrogen (secondary N) is 2. The minimum absolute atomic E-state index is 0.0298. The van der Waals surface area contributed by atoms with Crippen LogP contribution in [0, 0.1) is 0 Å². The number of methoxy groups -OCH3 is 1. The van der Waals surface area contributed by atoms with Gasteiger partial charge in [0, 0.05) is 0 Å². The fourth-order valence-electron chi connectivity index (χ4n) is 2.63. The van der Waals surface area contributed by atoms with Crippen molar-refractivity contribution < 1.29 is 27.5 Å². The van der Waals surface area contributed by atoms with Gasteiger partial charge in [-0.05, 0) is 23.8 Å². The summed E-state index contributed by atoms with van der Waals surface area (Å²) in [6.07, 6.45) is -3.19. The van der Waals surface area contributed by atoms with Gasteiger partial charge in [0.05, 0.1) is 31.0 Å². The topological polar surface area (TPSA) is 85.2 Å². The highest BCUT2D eigenvalue weighted by Crippen LogP contribution is 2.30. The van der Waals surface area contributed by atoms with Gasteiger partial charge in [0.25, 0.3) is 5.91 Å². The molecule has 2 aromatic carbocycles. The van der Waals surface area contributed by atoms with Crippen LogP contribution in [0.5, 0.6) is 5.75 Å². The number of halogens is 3. The van der Waals surface area contributed by atoms with Crippen molar-refractivity contribution in [1.82, 2.24) is 20.6 Å². The Kier molecular flexibility index (Phi) is 6.05. The summed E-state index contributed by atoms with van der Waals surface area (Å²) in [6.45, 7) is 0. The number of ether oxygens (including phenoxy) is 1. The Labute approximate surface area is 169 Å². The maximum absolute atomic E-state index is 12.9. The zero-order chi connectivity index (χ0) is 21.7. The molecule has 0 unspecified atom stereocenters. The highest BCUT2D eigenvalue weighted by Gasteiger charge is 2.30. The number of benzene rings is 2. The Bertz CT molecular complexity index is 1050. The molecule has 0 atom stereocenters. The molecule has 0 saturated carbocycles. The molecule has 0 aliphatic heterocycles. The highest BCUT2D eigenvalue weighted by atomic mass is 19.4. The molecule has 2 amide bonds. The maximum Gasteiger partial charge on any atom is 0.416 e. The van der Waals surface area contributed by atoms with Crippen LogP contribution in [0.2, 0.25) is 0 Å². The van der Waals surface area contributed by atoms with Crippen LogP contribution in [0.3, 0.4) is 0 Å². The molecule has 7 nitrogen and oxygen atoms in total. The van der Waals surface area contributed by atoms with E-state index >= 15 is 0 Å². The first kappa shape index (κ1) is 20.9. The summed E-state index contributed by atoms with van der Waals surface area (Å²) in [7, 11) is 1.29. The predicted molar refractivity (Wildman–Crippen MR) is 101 cm³/mol. The monoisotopic (exact) mass is 418 g/mol. The van der Waals surface area contributed by atoms with Crippen LogP contribution >= 0.6 is 0 Å². The molecule has 3 aromatic rings. The average molecular weight is 418 g/mol. The van der Waals surface area contributed by atoms with Gasteiger partial charge in [-0.3, -0.25) is 20.4 Å². The summed E-state index contributed by atoms with van der Waals surface area (Å²) < 4.78 is 45.0. The number of nitrogens with zero attached hydrogens (tertiary/aromatic N) is 2. The molecule has 0 saturated heterocycles. The molecule has 3 rings (SSSR count). The summed E-state index contributed by atoms with van der Waals surface area (Å²) >= 11 is 0. The summed E-state index contributed by atoms with van der Waals surface area (Å²) in [6, 6.07) is 13.4. The second kappa shape index (κ2) is 8.68. The van der Waals surface area contributed by atoms with Crippen molar-refractivity contribution in [2.75, 3.05) is 7.11 Å². The van der Waals surface area contributed by atoms with Gasteiger partial charge in [-0.15, -0.1) is 0 Å². The van der Waals surface area contributed by atoms with Crippen molar-refractivity contribution in [2.45, 2.75) is 12.6 Å². The van der Waals surface area contributed by atoms with Gasteiger partial charge < -0.3 is 4.74 Å². The lowest BCUT2D eigenvalue weighted by molar-refractivity contribution is -0.137. The van der Waals surface area contributed by atoms with Gasteiger partial charge in [0.15, 0.2) is 11.4 Å². The zero-order valence-electron chi connectivity index (χ0n) is 15.7. The van der Waals surface area contributed by atoms with Crippen LogP contribution in [-0.4, -0.2) is 28.7 Å². The molecule has 0 bridgehead atoms. The van der Waals surface area contributed by atoms with Crippen LogP contribution < -0.4 is 15.6 Å². The number of hydrogen-bond acceptors (Lipinski definition) is 4. The smallest absolute Gasteiger partial charge is 0.416 e. The second-order valence-electron chi connectivity index (χ2n) is 6.20. The number of carbonyl (C=O) groups excluding carboxylic acids is 2. The van der Waals surface area contributed by atoms with Crippen molar-refractivity contribution >= 4 is 11.8 Å². The van der Waals surface area contributed by atoms with Crippen molar-refractivity contribution in [2.24, 2.45) is 0 Å². The van der Waals surface area contributed by atoms with E-state index in [9.17, 15) is 22.8 Å². The third kappa shape index (κ3) is 4.96. The van der Waals surface area contributed by atoms with E-state index in [0.717, 1.165) is 22.4 Å². The lowest BCUT2D eigenvalue weighted by atomic mass is 10.1. The molecule has 1 aromatic heterocycles. The van der Waals surface area contributed by atoms with Gasteiger partial charge >= 0.3 is 6.18 Å². The van der Waals surface area contributed by atoms with Crippen LogP contribution in [0.1, 0.15) is 21.6 Å². The van der Waals surface area contributed by atoms with Gasteiger partial charge in [-0.1, -0.05) is 36.4 Å². The molecular formula is C20H17F3N4O3. The lowest BCUT2D eigenvalue weighted by Crippen LogP contribution is -2.42. The van der Waals surface area contributed by atoms with Crippen LogP contribution in [0.15, 0.2) is 60.8 Å². The first-order chi connectivity index (χ1) is 14.3. The van der Waals surface area contributed by atoms with E-state index in [0.29, 0.717) is 0 Å². The molecule has 30 heavy (non-hydrogen) atoms. The minimum Gasteiger partial charge on any atom is -0.493 e. The highest BCUT2D eigenvalue weighted by molar-refractivity contribution is 5.96. The molecule has 0 aliphatic rings. The quantitative estimate of drug-likeness (QED) is 0.624. The van der Waals surface area contributed by atoms with Gasteiger partial charge in [-0.25, -0.2) is 4.68 Å². The zero-order valence-corrected chi connectivity index (χ0v) is 15.7. The molecule has 10 heteroatoms. The van der Waals surface area contributed by atoms with Crippen molar-refractivity contribution in [3.05, 3.63) is 77.6 Å². The Morgan fingerprint density at radius 1 is 1.07 bits per heavy atom. The number of aromatic nitrogens is 2. The Morgan fingerprint density at radius 3 is 2.47 bits per heavy atom. The van der Waals surface area contributed by atoms with Gasteiger partial charge in [0.2, 0.25) is 5.91 Å². The number of hydrazine groups is 1. The molecule has 1 heterocycles. The van der Waals surface area contributed by atoms with E-state index in [1.54, 1.807) is 24.3 Å². The van der Waals surface area contributed by atoms with Gasteiger partial charge in [-0.2, -0.15) is 18.3 Å². The van der Waals surface area contributed by atoms with Crippen molar-refractivity contribution in [3.8, 4) is 11.4 Å². The minimum atomic E-state index is -4.52. The van der Waals surface area contributed by atoms with E-state index in [1.807, 2.05) is 6.07 Å². The number of rotatable bonds is 5. The van der Waals surface area contributed by atoms with E-state index in [-0.39, 0.29) is 23.6 Å². The number of hydrogen-bond donors (Lipinski definition) is 2. The van der Waals surface area contributed by atoms with Crippen LogP contribution in [-0.2, 0) is 17.4 Å². The summed E-state index contributed by atoms with van der Waals surface area (Å²) in [5.74, 6) is -1.20. The molecule has 2 N–H and O–H groups in total. The molecule has 0 radical (unpaired) electrons. The summed E-state index contributed by atoms with van der Waals surface area (Å²) in [4.78, 5) is 24.4. The largest absolute Gasteiger partial charge is 0.493 e. The summed E-state index contributed by atoms with van der Waals surface area (Å²) in [5, 5.41) is 4.00. The maximum atomic E-state index is 12.9. The van der Waals surface area contributed by atoms with E-state index < -0.39 is 23.6 Å². The van der Waals surface area contributed by atoms with Crippen LogP contribution in [0.25, 0.3) is 5.69 Å². The molecule has 0 spiro atoms. The average Bonchev–Trinajstić information content (AvgIpc) is 3.17. The SMILES string of the molecule is COc1cn(-c2cccc(C(F)(F)F)c2)nc1C(=O)NNC(=O)Cc1ccccc1. The molecule has 0 aliphatic carbocycles. The number of alkyl halides is 3. The van der Waals surface area contributed by atoms with Crippen molar-refractivity contribution in [1.29, 1.82) is 0 Å². The van der Waals surface area contributed by atoms with E-state index in [1.165, 1.54) is 25.4 Å². The number of carbonyl (C=O) groups is 2. The standard InChI is InChI=1S/C20H17F3N4O3/c1-30-16-12-27(15-9-5-8-14(11-15)20(21,22)23)26-18(16)19(29)25-24-17(28)10-13-6-3-2-4-7-13/h2-9,11-12H,10H2,1H3,(H,24,28)(H,25,29). The Balaban J connectivity index is 1.73. The fraction of sp³-hybridized carbons (Fsp3) is 0.150. The van der Waals surface area contributed by atoms with E-state index in [2.05, 4.69) is 16.0 Å². The predicted octanol–water partition coefficient (Wildman–Crippen LogP) is 2.90.